The Kier molecular flexibility index (Phi) is 8.10. The van der Waals surface area contributed by atoms with Gasteiger partial charge in [-0.1, -0.05) is 38.0 Å². The molecule has 0 heterocycles. The van der Waals surface area contributed by atoms with Crippen LogP contribution in [0.1, 0.15) is 43.0 Å². The Balaban J connectivity index is 2.90. The largest absolute Gasteiger partial charge is 0.415 e. The zero-order valence-corrected chi connectivity index (χ0v) is 14.2. The zero-order chi connectivity index (χ0) is 16.4. The molecule has 0 saturated heterocycles. The Labute approximate surface area is 131 Å². The first-order chi connectivity index (χ1) is 10.6. The van der Waals surface area contributed by atoms with Gasteiger partial charge < -0.3 is 13.8 Å². The summed E-state index contributed by atoms with van der Waals surface area (Å²) in [5.41, 5.74) is 0.322. The predicted molar refractivity (Wildman–Crippen MR) is 85.7 cm³/mol. The van der Waals surface area contributed by atoms with Crippen molar-refractivity contribution in [2.75, 3.05) is 14.2 Å². The third-order valence-electron chi connectivity index (χ3n) is 3.08. The summed E-state index contributed by atoms with van der Waals surface area (Å²) in [6, 6.07) is 8.51. The number of allylic oxidation sites excluding steroid dienone is 1. The Morgan fingerprint density at radius 2 is 1.77 bits per heavy atom. The van der Waals surface area contributed by atoms with E-state index in [0.717, 1.165) is 19.3 Å². The van der Waals surface area contributed by atoms with Gasteiger partial charge in [-0.25, -0.2) is 4.79 Å². The third-order valence-corrected chi connectivity index (χ3v) is 4.86. The molecular weight excluding hydrogens is 303 g/mol. The summed E-state index contributed by atoms with van der Waals surface area (Å²) in [5.74, 6) is -0.586. The topological polar surface area (TPSA) is 61.8 Å². The van der Waals surface area contributed by atoms with E-state index in [1.54, 1.807) is 36.4 Å². The molecular formula is C16H23O5P. The second-order valence-corrected chi connectivity index (χ2v) is 6.82. The molecule has 0 N–H and O–H groups in total. The van der Waals surface area contributed by atoms with E-state index in [9.17, 15) is 9.36 Å². The average Bonchev–Trinajstić information content (AvgIpc) is 2.57. The number of unbranched alkanes of at least 4 members (excludes halogenated alkanes) is 3. The molecule has 0 saturated carbocycles. The van der Waals surface area contributed by atoms with Crippen molar-refractivity contribution in [3.63, 3.8) is 0 Å². The molecule has 6 heteroatoms. The van der Waals surface area contributed by atoms with E-state index in [-0.39, 0.29) is 5.50 Å². The molecule has 1 rings (SSSR count). The molecule has 22 heavy (non-hydrogen) atoms. The number of carbonyl (C=O) groups is 1. The highest BCUT2D eigenvalue weighted by molar-refractivity contribution is 7.58. The maximum atomic E-state index is 12.5. The fraction of sp³-hybridized carbons (Fsp3) is 0.438. The number of benzene rings is 1. The third kappa shape index (κ3) is 5.41. The van der Waals surface area contributed by atoms with Crippen molar-refractivity contribution in [2.45, 2.75) is 32.6 Å². The van der Waals surface area contributed by atoms with Gasteiger partial charge >= 0.3 is 13.6 Å². The van der Waals surface area contributed by atoms with E-state index in [2.05, 4.69) is 6.92 Å². The van der Waals surface area contributed by atoms with Crippen LogP contribution in [0.5, 0.6) is 0 Å². The molecule has 0 amide bonds. The quantitative estimate of drug-likeness (QED) is 0.283. The van der Waals surface area contributed by atoms with Crippen LogP contribution in [0.25, 0.3) is 0 Å². The van der Waals surface area contributed by atoms with Gasteiger partial charge in [0.15, 0.2) is 0 Å². The zero-order valence-electron chi connectivity index (χ0n) is 13.3. The van der Waals surface area contributed by atoms with Crippen LogP contribution >= 0.6 is 7.60 Å². The van der Waals surface area contributed by atoms with Crippen molar-refractivity contribution < 1.29 is 23.1 Å². The minimum Gasteiger partial charge on any atom is -0.415 e. The fourth-order valence-electron chi connectivity index (χ4n) is 1.81. The van der Waals surface area contributed by atoms with Gasteiger partial charge in [0, 0.05) is 14.2 Å². The smallest absolute Gasteiger partial charge is 0.395 e. The molecule has 5 nitrogen and oxygen atoms in total. The molecule has 1 aromatic rings. The van der Waals surface area contributed by atoms with Gasteiger partial charge in [0.2, 0.25) is 5.50 Å². The van der Waals surface area contributed by atoms with E-state index in [1.807, 2.05) is 0 Å². The highest BCUT2D eigenvalue weighted by Gasteiger charge is 2.31. The van der Waals surface area contributed by atoms with Gasteiger partial charge in [-0.05, 0) is 31.1 Å². The number of esters is 1. The number of hydrogen-bond acceptors (Lipinski definition) is 5. The molecule has 0 aliphatic rings. The summed E-state index contributed by atoms with van der Waals surface area (Å²) in [6.07, 6.45) is 5.28. The summed E-state index contributed by atoms with van der Waals surface area (Å²) in [4.78, 5) is 12.1. The van der Waals surface area contributed by atoms with Gasteiger partial charge in [-0.2, -0.15) is 0 Å². The SMILES string of the molecule is CCCCC/C=C(\OC(=O)c1ccccc1)P(=O)(OC)OC. The fourth-order valence-corrected chi connectivity index (χ4v) is 2.87. The minimum absolute atomic E-state index is 0.0533. The number of hydrogen-bond donors (Lipinski definition) is 0. The predicted octanol–water partition coefficient (Wildman–Crippen LogP) is 4.75. The lowest BCUT2D eigenvalue weighted by Crippen LogP contribution is -2.07. The van der Waals surface area contributed by atoms with E-state index in [1.165, 1.54) is 14.2 Å². The van der Waals surface area contributed by atoms with Crippen LogP contribution < -0.4 is 0 Å². The molecule has 0 aromatic heterocycles. The minimum atomic E-state index is -3.60. The molecule has 122 valence electrons. The average molecular weight is 326 g/mol. The molecule has 0 bridgehead atoms. The van der Waals surface area contributed by atoms with Crippen LogP contribution in [-0.2, 0) is 18.3 Å². The monoisotopic (exact) mass is 326 g/mol. The van der Waals surface area contributed by atoms with Gasteiger partial charge in [0.25, 0.3) is 0 Å². The normalized spacial score (nSPS) is 12.2. The molecule has 0 aliphatic heterocycles. The van der Waals surface area contributed by atoms with Crippen molar-refractivity contribution in [3.05, 3.63) is 47.5 Å². The van der Waals surface area contributed by atoms with E-state index in [0.29, 0.717) is 12.0 Å². The molecule has 0 unspecified atom stereocenters. The van der Waals surface area contributed by atoms with Crippen LogP contribution in [0.3, 0.4) is 0 Å². The highest BCUT2D eigenvalue weighted by atomic mass is 31.2. The van der Waals surface area contributed by atoms with Crippen molar-refractivity contribution in [1.82, 2.24) is 0 Å². The van der Waals surface area contributed by atoms with Gasteiger partial charge in [0.1, 0.15) is 0 Å². The summed E-state index contributed by atoms with van der Waals surface area (Å²) in [7, 11) is -1.07. The summed E-state index contributed by atoms with van der Waals surface area (Å²) in [5, 5.41) is 0. The molecule has 0 radical (unpaired) electrons. The van der Waals surface area contributed by atoms with E-state index < -0.39 is 13.6 Å². The second-order valence-electron chi connectivity index (χ2n) is 4.66. The van der Waals surface area contributed by atoms with Crippen LogP contribution in [0.2, 0.25) is 0 Å². The summed E-state index contributed by atoms with van der Waals surface area (Å²) < 4.78 is 27.6. The molecule has 0 aliphatic carbocycles. The number of ether oxygens (including phenoxy) is 1. The van der Waals surface area contributed by atoms with Crippen LogP contribution in [0, 0.1) is 0 Å². The van der Waals surface area contributed by atoms with Crippen LogP contribution in [0.4, 0.5) is 0 Å². The van der Waals surface area contributed by atoms with Gasteiger partial charge in [-0.15, -0.1) is 0 Å². The van der Waals surface area contributed by atoms with Gasteiger partial charge in [-0.3, -0.25) is 4.57 Å². The van der Waals surface area contributed by atoms with Gasteiger partial charge in [0.05, 0.1) is 5.56 Å². The van der Waals surface area contributed by atoms with Crippen LogP contribution in [-0.4, -0.2) is 20.2 Å². The lowest BCUT2D eigenvalue weighted by molar-refractivity contribution is 0.0631. The van der Waals surface area contributed by atoms with Crippen molar-refractivity contribution >= 4 is 13.6 Å². The molecule has 1 aromatic carbocycles. The molecule has 0 spiro atoms. The van der Waals surface area contributed by atoms with E-state index >= 15 is 0 Å². The maximum absolute atomic E-state index is 12.5. The molecule has 0 atom stereocenters. The van der Waals surface area contributed by atoms with Crippen molar-refractivity contribution in [3.8, 4) is 0 Å². The lowest BCUT2D eigenvalue weighted by Gasteiger charge is -2.17. The van der Waals surface area contributed by atoms with Crippen molar-refractivity contribution in [1.29, 1.82) is 0 Å². The Morgan fingerprint density at radius 1 is 1.14 bits per heavy atom. The van der Waals surface area contributed by atoms with Crippen molar-refractivity contribution in [2.24, 2.45) is 0 Å². The first kappa shape index (κ1) is 18.6. The van der Waals surface area contributed by atoms with E-state index in [4.69, 9.17) is 13.8 Å². The summed E-state index contributed by atoms with van der Waals surface area (Å²) in [6.45, 7) is 2.09. The number of carbonyl (C=O) groups excluding carboxylic acids is 1. The Hall–Kier alpha value is -1.42. The highest BCUT2D eigenvalue weighted by Crippen LogP contribution is 2.55. The first-order valence-corrected chi connectivity index (χ1v) is 8.81. The van der Waals surface area contributed by atoms with Crippen LogP contribution in [0.15, 0.2) is 41.9 Å². The second kappa shape index (κ2) is 9.57. The first-order valence-electron chi connectivity index (χ1n) is 7.26. The lowest BCUT2D eigenvalue weighted by atomic mass is 10.2. The molecule has 0 fully saturated rings. The summed E-state index contributed by atoms with van der Waals surface area (Å²) >= 11 is 0. The number of rotatable bonds is 9. The maximum Gasteiger partial charge on any atom is 0.395 e. The Morgan fingerprint density at radius 3 is 2.32 bits per heavy atom. The standard InChI is InChI=1S/C16H23O5P/c1-4-5-6-10-13-15(22(18,19-2)20-3)21-16(17)14-11-8-7-9-12-14/h7-9,11-13H,4-6,10H2,1-3H3/b15-13+. The Bertz CT molecular complexity index is 531.